The van der Waals surface area contributed by atoms with Gasteiger partial charge in [-0.05, 0) is 55.8 Å². The highest BCUT2D eigenvalue weighted by atomic mass is 19.1. The second kappa shape index (κ2) is 10.8. The minimum Gasteiger partial charge on any atom is -0.508 e. The third-order valence-electron chi connectivity index (χ3n) is 10.2. The number of piperazine rings is 1. The second-order valence-corrected chi connectivity index (χ2v) is 13.0. The number of anilines is 1. The van der Waals surface area contributed by atoms with Gasteiger partial charge < -0.3 is 20.1 Å². The van der Waals surface area contributed by atoms with Crippen molar-refractivity contribution in [2.24, 2.45) is 0 Å². The maximum Gasteiger partial charge on any atom is 0.234 e. The summed E-state index contributed by atoms with van der Waals surface area (Å²) in [4.78, 5) is 13.3. The van der Waals surface area contributed by atoms with Crippen molar-refractivity contribution in [2.75, 3.05) is 37.7 Å². The molecule has 0 spiro atoms. The molecule has 234 valence electrons. The first kappa shape index (κ1) is 28.9. The van der Waals surface area contributed by atoms with E-state index in [0.717, 1.165) is 32.2 Å². The number of hydrogen-bond acceptors (Lipinski definition) is 8. The van der Waals surface area contributed by atoms with Crippen LogP contribution in [-0.4, -0.2) is 76.6 Å². The first-order chi connectivity index (χ1) is 22.3. The van der Waals surface area contributed by atoms with Crippen LogP contribution in [0.5, 0.6) is 11.6 Å². The van der Waals surface area contributed by atoms with E-state index < -0.39 is 23.3 Å². The van der Waals surface area contributed by atoms with Gasteiger partial charge in [0.25, 0.3) is 0 Å². The lowest BCUT2D eigenvalue weighted by Crippen LogP contribution is -2.51. The first-order valence-electron chi connectivity index (χ1n) is 15.7. The number of terminal acetylenes is 1. The number of alkyl halides is 1. The Kier molecular flexibility index (Phi) is 6.75. The van der Waals surface area contributed by atoms with Crippen molar-refractivity contribution in [1.82, 2.24) is 20.2 Å². The molecule has 8 nitrogen and oxygen atoms in total. The molecule has 46 heavy (non-hydrogen) atoms. The number of ether oxygens (including phenoxy) is 1. The number of nitrogens with zero attached hydrogens (tertiary/aromatic N) is 5. The highest BCUT2D eigenvalue weighted by Crippen LogP contribution is 2.44. The summed E-state index contributed by atoms with van der Waals surface area (Å²) in [5.74, 6) is 0.683. The second-order valence-electron chi connectivity index (χ2n) is 13.0. The summed E-state index contributed by atoms with van der Waals surface area (Å²) in [5, 5.41) is 25.6. The van der Waals surface area contributed by atoms with Crippen LogP contribution >= 0.6 is 0 Å². The molecule has 4 saturated heterocycles. The number of nitrogens with one attached hydrogen (secondary N) is 1. The highest BCUT2D eigenvalue weighted by molar-refractivity contribution is 6.04. The lowest BCUT2D eigenvalue weighted by molar-refractivity contribution is 0.110. The molecule has 0 aliphatic carbocycles. The molecule has 8 rings (SSSR count). The van der Waals surface area contributed by atoms with Crippen molar-refractivity contribution in [3.63, 3.8) is 0 Å². The normalized spacial score (nSPS) is 25.6. The van der Waals surface area contributed by atoms with Crippen LogP contribution in [0.4, 0.5) is 18.9 Å². The Hall–Kier alpha value is -4.58. The highest BCUT2D eigenvalue weighted by Gasteiger charge is 2.49. The van der Waals surface area contributed by atoms with Crippen molar-refractivity contribution >= 4 is 27.4 Å². The Morgan fingerprint density at radius 3 is 2.72 bits per heavy atom. The Morgan fingerprint density at radius 2 is 1.96 bits per heavy atom. The summed E-state index contributed by atoms with van der Waals surface area (Å²) in [7, 11) is 0. The zero-order valence-electron chi connectivity index (χ0n) is 25.0. The molecular formula is C35H31F3N6O2. The number of fused-ring (bicyclic) bond motifs is 5. The molecule has 0 radical (unpaired) electrons. The number of aromatic hydroxyl groups is 1. The molecule has 2 aromatic carbocycles. The fraction of sp³-hybridized carbons (Fsp3) is 0.400. The summed E-state index contributed by atoms with van der Waals surface area (Å²) in [6, 6.07) is 8.11. The van der Waals surface area contributed by atoms with Crippen molar-refractivity contribution in [3.8, 4) is 41.3 Å². The van der Waals surface area contributed by atoms with Gasteiger partial charge in [-0.15, -0.1) is 6.42 Å². The lowest BCUT2D eigenvalue weighted by atomic mass is 9.94. The average Bonchev–Trinajstić information content (AvgIpc) is 3.69. The number of phenols is 1. The molecule has 6 heterocycles. The van der Waals surface area contributed by atoms with Crippen LogP contribution in [0, 0.1) is 35.3 Å². The number of halogens is 3. The van der Waals surface area contributed by atoms with E-state index in [0.29, 0.717) is 42.5 Å². The van der Waals surface area contributed by atoms with Gasteiger partial charge in [0.15, 0.2) is 5.82 Å². The largest absolute Gasteiger partial charge is 0.508 e. The quantitative estimate of drug-likeness (QED) is 0.293. The van der Waals surface area contributed by atoms with Gasteiger partial charge in [0.05, 0.1) is 16.8 Å². The molecule has 0 unspecified atom stereocenters. The number of rotatable bonds is 5. The van der Waals surface area contributed by atoms with Crippen molar-refractivity contribution < 1.29 is 23.0 Å². The Bertz CT molecular complexity index is 2000. The minimum atomic E-state index is -0.961. The number of benzene rings is 2. The molecule has 4 atom stereocenters. The molecule has 4 aliphatic rings. The summed E-state index contributed by atoms with van der Waals surface area (Å²) in [6.07, 6.45) is 10.2. The Balaban J connectivity index is 1.33. The van der Waals surface area contributed by atoms with Gasteiger partial charge in [0, 0.05) is 60.7 Å². The van der Waals surface area contributed by atoms with Crippen LogP contribution in [0.15, 0.2) is 30.5 Å². The van der Waals surface area contributed by atoms with Crippen LogP contribution in [0.25, 0.3) is 32.9 Å². The van der Waals surface area contributed by atoms with E-state index in [4.69, 9.17) is 11.2 Å². The van der Waals surface area contributed by atoms with E-state index in [1.807, 2.05) is 0 Å². The van der Waals surface area contributed by atoms with E-state index in [9.17, 15) is 19.1 Å². The summed E-state index contributed by atoms with van der Waals surface area (Å²) in [5.41, 5.74) is -0.0611. The van der Waals surface area contributed by atoms with Crippen molar-refractivity contribution in [2.45, 2.75) is 55.9 Å². The monoisotopic (exact) mass is 624 g/mol. The van der Waals surface area contributed by atoms with Gasteiger partial charge in [-0.2, -0.15) is 5.26 Å². The molecule has 4 aliphatic heterocycles. The summed E-state index contributed by atoms with van der Waals surface area (Å²) < 4.78 is 52.6. The third-order valence-corrected chi connectivity index (χ3v) is 10.2. The molecular weight excluding hydrogens is 593 g/mol. The van der Waals surface area contributed by atoms with Crippen LogP contribution in [-0.2, 0) is 0 Å². The zero-order chi connectivity index (χ0) is 31.7. The third kappa shape index (κ3) is 4.44. The molecule has 0 saturated carbocycles. The standard InChI is InChI=1S/C35H31F3N6O2/c1-2-24-28(37)7-4-19-10-23(45)11-25(29(19)24)31-30(38)32-27(14-40-31)33(43-16-21-5-6-22(17-43)41-21)26(13-39)34(42-32)46-18-35-8-3-9-44(35)15-20(36)12-35/h1,4,7,10-11,14,20-22,41,45H,3,5-6,8-9,12,15-18H2/t20-,21-,22+,35+/m1/s1. The molecule has 4 fully saturated rings. The maximum absolute atomic E-state index is 16.9. The lowest BCUT2D eigenvalue weighted by Gasteiger charge is -2.36. The van der Waals surface area contributed by atoms with Crippen LogP contribution in [0.1, 0.15) is 43.2 Å². The predicted octanol–water partition coefficient (Wildman–Crippen LogP) is 5.18. The number of pyridine rings is 2. The number of nitriles is 1. The van der Waals surface area contributed by atoms with E-state index in [1.165, 1.54) is 30.5 Å². The molecule has 4 aromatic rings. The van der Waals surface area contributed by atoms with E-state index in [1.54, 1.807) is 0 Å². The van der Waals surface area contributed by atoms with Crippen LogP contribution in [0.2, 0.25) is 0 Å². The fourth-order valence-electron chi connectivity index (χ4n) is 8.26. The first-order valence-corrected chi connectivity index (χ1v) is 15.7. The van der Waals surface area contributed by atoms with Gasteiger partial charge in [-0.3, -0.25) is 9.88 Å². The molecule has 2 bridgehead atoms. The van der Waals surface area contributed by atoms with Gasteiger partial charge in [0.2, 0.25) is 5.88 Å². The van der Waals surface area contributed by atoms with Gasteiger partial charge in [-0.1, -0.05) is 12.0 Å². The van der Waals surface area contributed by atoms with Gasteiger partial charge in [0.1, 0.15) is 47.2 Å². The zero-order valence-corrected chi connectivity index (χ0v) is 25.0. The Labute approximate surface area is 263 Å². The van der Waals surface area contributed by atoms with Crippen LogP contribution in [0.3, 0.4) is 0 Å². The average molecular weight is 625 g/mol. The number of phenolic OH excluding ortho intramolecular Hbond substituents is 1. The van der Waals surface area contributed by atoms with E-state index in [2.05, 4.69) is 37.1 Å². The van der Waals surface area contributed by atoms with Crippen LogP contribution < -0.4 is 15.0 Å². The molecule has 2 N–H and O–H groups in total. The fourth-order valence-corrected chi connectivity index (χ4v) is 8.26. The van der Waals surface area contributed by atoms with E-state index in [-0.39, 0.29) is 63.6 Å². The minimum absolute atomic E-state index is 0.0217. The topological polar surface area (TPSA) is 97.5 Å². The summed E-state index contributed by atoms with van der Waals surface area (Å²) in [6.45, 7) is 2.45. The predicted molar refractivity (Wildman–Crippen MR) is 167 cm³/mol. The maximum atomic E-state index is 16.9. The van der Waals surface area contributed by atoms with E-state index >= 15 is 4.39 Å². The van der Waals surface area contributed by atoms with Gasteiger partial charge in [-0.25, -0.2) is 18.2 Å². The SMILES string of the molecule is C#Cc1c(F)ccc2cc(O)cc(-c3ncc4c(N5C[C@H]6CC[C@@H](C5)N6)c(C#N)c(OC[C@@]56CCCN5C[C@H](F)C6)nc4c3F)c12. The van der Waals surface area contributed by atoms with Crippen molar-refractivity contribution in [3.05, 3.63) is 53.2 Å². The molecule has 0 amide bonds. The molecule has 11 heteroatoms. The molecule has 2 aromatic heterocycles. The number of hydrogen-bond donors (Lipinski definition) is 2. The number of aromatic nitrogens is 2. The van der Waals surface area contributed by atoms with Crippen molar-refractivity contribution in [1.29, 1.82) is 5.26 Å². The smallest absolute Gasteiger partial charge is 0.234 e. The summed E-state index contributed by atoms with van der Waals surface area (Å²) >= 11 is 0. The van der Waals surface area contributed by atoms with Gasteiger partial charge >= 0.3 is 0 Å². The Morgan fingerprint density at radius 1 is 1.15 bits per heavy atom.